The highest BCUT2D eigenvalue weighted by Crippen LogP contribution is 2.47. The summed E-state index contributed by atoms with van der Waals surface area (Å²) in [7, 11) is 0. The van der Waals surface area contributed by atoms with E-state index in [1.165, 1.54) is 11.3 Å². The summed E-state index contributed by atoms with van der Waals surface area (Å²) in [5.41, 5.74) is -0.228. The van der Waals surface area contributed by atoms with Gasteiger partial charge in [0.1, 0.15) is 5.60 Å². The Bertz CT molecular complexity index is 1070. The van der Waals surface area contributed by atoms with Gasteiger partial charge in [0.05, 0.1) is 15.0 Å². The van der Waals surface area contributed by atoms with Crippen LogP contribution in [0.1, 0.15) is 40.8 Å². The maximum Gasteiger partial charge on any atom is 0.349 e. The molecule has 0 atom stereocenters. The molecule has 0 aliphatic carbocycles. The van der Waals surface area contributed by atoms with Gasteiger partial charge in [-0.25, -0.2) is 14.4 Å². The second kappa shape index (κ2) is 6.82. The summed E-state index contributed by atoms with van der Waals surface area (Å²) in [6, 6.07) is 5.04. The first kappa shape index (κ1) is 19.1. The summed E-state index contributed by atoms with van der Waals surface area (Å²) < 4.78 is 12.6. The molecule has 7 nitrogen and oxygen atoms in total. The van der Waals surface area contributed by atoms with Gasteiger partial charge in [-0.05, 0) is 32.9 Å². The average molecular weight is 408 g/mol. The van der Waals surface area contributed by atoms with Gasteiger partial charge in [-0.2, -0.15) is 0 Å². The number of carbonyl (C=O) groups excluding carboxylic acids is 1. The van der Waals surface area contributed by atoms with Gasteiger partial charge in [-0.15, -0.1) is 22.7 Å². The van der Waals surface area contributed by atoms with Crippen LogP contribution in [0.5, 0.6) is 5.75 Å². The molecule has 1 aromatic carbocycles. The molecule has 0 saturated carbocycles. The van der Waals surface area contributed by atoms with Crippen molar-refractivity contribution in [3.8, 4) is 5.75 Å². The van der Waals surface area contributed by atoms with Crippen LogP contribution in [0.15, 0.2) is 18.2 Å². The van der Waals surface area contributed by atoms with E-state index in [4.69, 9.17) is 14.6 Å². The number of esters is 1. The highest BCUT2D eigenvalue weighted by Gasteiger charge is 2.24. The van der Waals surface area contributed by atoms with E-state index in [0.717, 1.165) is 21.4 Å². The fraction of sp³-hybridized carbons (Fsp3) is 0.278. The average Bonchev–Trinajstić information content (AvgIpc) is 3.06. The molecular formula is C18H16O7S2. The molecule has 0 radical (unpaired) electrons. The third kappa shape index (κ3) is 3.88. The number of thiophene rings is 2. The van der Waals surface area contributed by atoms with E-state index in [1.807, 2.05) is 0 Å². The zero-order valence-corrected chi connectivity index (χ0v) is 16.3. The van der Waals surface area contributed by atoms with Crippen molar-refractivity contribution in [1.29, 1.82) is 0 Å². The topological polar surface area (TPSA) is 110 Å². The van der Waals surface area contributed by atoms with E-state index in [2.05, 4.69) is 0 Å². The number of rotatable bonds is 5. The Morgan fingerprint density at radius 3 is 2.37 bits per heavy atom. The van der Waals surface area contributed by atoms with Crippen molar-refractivity contribution < 1.29 is 34.1 Å². The molecule has 27 heavy (non-hydrogen) atoms. The van der Waals surface area contributed by atoms with Crippen molar-refractivity contribution >= 4 is 60.1 Å². The van der Waals surface area contributed by atoms with Gasteiger partial charge >= 0.3 is 17.9 Å². The molecule has 2 heterocycles. The molecule has 0 aliphatic heterocycles. The van der Waals surface area contributed by atoms with E-state index in [-0.39, 0.29) is 10.6 Å². The number of fused-ring (bicyclic) bond motifs is 3. The van der Waals surface area contributed by atoms with Gasteiger partial charge in [-0.1, -0.05) is 6.07 Å². The van der Waals surface area contributed by atoms with Crippen LogP contribution >= 0.6 is 22.7 Å². The standard InChI is InChI=1S/C18H16O7S2/c1-18(2,3)25-17(23)8-4-5-9-10(6-8)26-14-12(24-7-11(19)20)15(16(21)22)27-13(9)14/h4-6H,7H2,1-3H3,(H,19,20)(H,21,22). The number of benzene rings is 1. The van der Waals surface area contributed by atoms with E-state index in [1.54, 1.807) is 39.0 Å². The third-order valence-corrected chi connectivity index (χ3v) is 5.90. The molecule has 0 fully saturated rings. The molecule has 3 aromatic rings. The van der Waals surface area contributed by atoms with E-state index >= 15 is 0 Å². The summed E-state index contributed by atoms with van der Waals surface area (Å²) in [6.07, 6.45) is 0. The van der Waals surface area contributed by atoms with Crippen LogP contribution in [0, 0.1) is 0 Å². The van der Waals surface area contributed by atoms with Crippen LogP contribution in [-0.4, -0.2) is 40.3 Å². The quantitative estimate of drug-likeness (QED) is 0.608. The molecule has 0 unspecified atom stereocenters. The molecule has 9 heteroatoms. The first-order valence-corrected chi connectivity index (χ1v) is 9.50. The summed E-state index contributed by atoms with van der Waals surface area (Å²) in [5, 5.41) is 19.0. The number of aromatic carboxylic acids is 1. The highest BCUT2D eigenvalue weighted by atomic mass is 32.1. The fourth-order valence-corrected chi connectivity index (χ4v) is 4.98. The molecule has 0 bridgehead atoms. The molecule has 0 spiro atoms. The minimum Gasteiger partial charge on any atom is -0.479 e. The first-order chi connectivity index (χ1) is 12.6. The summed E-state index contributed by atoms with van der Waals surface area (Å²) in [5.74, 6) is -2.78. The minimum atomic E-state index is -1.20. The Morgan fingerprint density at radius 2 is 1.78 bits per heavy atom. The maximum absolute atomic E-state index is 12.3. The van der Waals surface area contributed by atoms with Crippen molar-refractivity contribution in [2.24, 2.45) is 0 Å². The number of ether oxygens (including phenoxy) is 2. The molecule has 2 aromatic heterocycles. The van der Waals surface area contributed by atoms with E-state index in [0.29, 0.717) is 15.0 Å². The minimum absolute atomic E-state index is 0.0457. The molecule has 2 N–H and O–H groups in total. The third-order valence-electron chi connectivity index (χ3n) is 3.43. The predicted molar refractivity (Wildman–Crippen MR) is 102 cm³/mol. The van der Waals surface area contributed by atoms with Gasteiger partial charge in [0, 0.05) is 10.1 Å². The predicted octanol–water partition coefficient (Wildman–Crippen LogP) is 4.23. The summed E-state index contributed by atoms with van der Waals surface area (Å²) in [6.45, 7) is 4.71. The van der Waals surface area contributed by atoms with Crippen molar-refractivity contribution in [2.75, 3.05) is 6.61 Å². The Kier molecular flexibility index (Phi) is 4.83. The molecule has 0 amide bonds. The maximum atomic E-state index is 12.3. The summed E-state index contributed by atoms with van der Waals surface area (Å²) in [4.78, 5) is 34.5. The van der Waals surface area contributed by atoms with E-state index < -0.39 is 30.1 Å². The Hall–Kier alpha value is -2.65. The number of carbonyl (C=O) groups is 3. The first-order valence-electron chi connectivity index (χ1n) is 7.87. The number of carboxylic acid groups (broad SMARTS) is 2. The molecule has 142 valence electrons. The Balaban J connectivity index is 2.09. The van der Waals surface area contributed by atoms with Crippen LogP contribution in [0.4, 0.5) is 0 Å². The zero-order chi connectivity index (χ0) is 19.9. The van der Waals surface area contributed by atoms with Crippen LogP contribution in [0.3, 0.4) is 0 Å². The van der Waals surface area contributed by atoms with Gasteiger partial charge in [0.15, 0.2) is 17.2 Å². The zero-order valence-electron chi connectivity index (χ0n) is 14.7. The lowest BCUT2D eigenvalue weighted by Crippen LogP contribution is -2.23. The summed E-state index contributed by atoms with van der Waals surface area (Å²) >= 11 is 2.27. The Labute approximate surface area is 161 Å². The van der Waals surface area contributed by atoms with Crippen molar-refractivity contribution in [2.45, 2.75) is 26.4 Å². The fourth-order valence-electron chi connectivity index (χ4n) is 2.45. The lowest BCUT2D eigenvalue weighted by Gasteiger charge is -2.19. The molecule has 0 aliphatic rings. The molecule has 0 saturated heterocycles. The molecular weight excluding hydrogens is 392 g/mol. The van der Waals surface area contributed by atoms with Crippen LogP contribution in [-0.2, 0) is 9.53 Å². The Morgan fingerprint density at radius 1 is 1.07 bits per heavy atom. The van der Waals surface area contributed by atoms with Gasteiger partial charge in [0.2, 0.25) is 0 Å². The van der Waals surface area contributed by atoms with Gasteiger partial charge in [-0.3, -0.25) is 0 Å². The number of hydrogen-bond donors (Lipinski definition) is 2. The van der Waals surface area contributed by atoms with Crippen molar-refractivity contribution in [3.05, 3.63) is 28.6 Å². The molecule has 3 rings (SSSR count). The van der Waals surface area contributed by atoms with Crippen molar-refractivity contribution in [1.82, 2.24) is 0 Å². The van der Waals surface area contributed by atoms with Crippen LogP contribution < -0.4 is 4.74 Å². The number of aliphatic carboxylic acids is 1. The second-order valence-electron chi connectivity index (χ2n) is 6.72. The lowest BCUT2D eigenvalue weighted by molar-refractivity contribution is -0.139. The second-order valence-corrected chi connectivity index (χ2v) is 8.79. The highest BCUT2D eigenvalue weighted by molar-refractivity contribution is 7.34. The van der Waals surface area contributed by atoms with Gasteiger partial charge in [0.25, 0.3) is 0 Å². The normalized spacial score (nSPS) is 11.7. The smallest absolute Gasteiger partial charge is 0.349 e. The van der Waals surface area contributed by atoms with E-state index in [9.17, 15) is 19.5 Å². The van der Waals surface area contributed by atoms with Gasteiger partial charge < -0.3 is 19.7 Å². The monoisotopic (exact) mass is 408 g/mol. The lowest BCUT2D eigenvalue weighted by atomic mass is 10.1. The SMILES string of the molecule is CC(C)(C)OC(=O)c1ccc2c(c1)sc1c(OCC(=O)O)c(C(=O)O)sc12. The largest absolute Gasteiger partial charge is 0.479 e. The van der Waals surface area contributed by atoms with Crippen LogP contribution in [0.2, 0.25) is 0 Å². The van der Waals surface area contributed by atoms with Crippen LogP contribution in [0.25, 0.3) is 19.5 Å². The number of carboxylic acids is 2. The van der Waals surface area contributed by atoms with Crippen molar-refractivity contribution in [3.63, 3.8) is 0 Å². The number of hydrogen-bond acceptors (Lipinski definition) is 7.